The second kappa shape index (κ2) is 5.26. The largest absolute Gasteiger partial charge is 0.378 e. The van der Waals surface area contributed by atoms with Crippen molar-refractivity contribution in [2.45, 2.75) is 44.8 Å². The van der Waals surface area contributed by atoms with Crippen LogP contribution >= 0.6 is 0 Å². The maximum Gasteiger partial charge on any atom is 0.295 e. The van der Waals surface area contributed by atoms with E-state index >= 15 is 0 Å². The van der Waals surface area contributed by atoms with Gasteiger partial charge in [-0.15, -0.1) is 0 Å². The van der Waals surface area contributed by atoms with Crippen molar-refractivity contribution in [1.82, 2.24) is 0 Å². The molecule has 1 aromatic rings. The number of hydrogen-bond acceptors (Lipinski definition) is 4. The Morgan fingerprint density at radius 3 is 2.86 bits per heavy atom. The standard InChI is InChI=1S/C15H19FN2O3/c1-2-21-14-9-13(15(14)6-3-7-15)17-11-5-4-10(16)8-12(11)18(19)20/h4-5,8,13-14,17H,2-3,6-7,9H2,1H3. The van der Waals surface area contributed by atoms with Gasteiger partial charge in [-0.25, -0.2) is 4.39 Å². The Labute approximate surface area is 122 Å². The van der Waals surface area contributed by atoms with Crippen molar-refractivity contribution in [3.8, 4) is 0 Å². The van der Waals surface area contributed by atoms with E-state index in [1.165, 1.54) is 18.6 Å². The van der Waals surface area contributed by atoms with Crippen LogP contribution in [0.25, 0.3) is 0 Å². The molecular formula is C15H19FN2O3. The first kappa shape index (κ1) is 14.3. The topological polar surface area (TPSA) is 64.4 Å². The summed E-state index contributed by atoms with van der Waals surface area (Å²) in [5.41, 5.74) is 0.301. The molecule has 21 heavy (non-hydrogen) atoms. The number of nitro benzene ring substituents is 1. The number of benzene rings is 1. The van der Waals surface area contributed by atoms with E-state index in [9.17, 15) is 14.5 Å². The zero-order valence-electron chi connectivity index (χ0n) is 12.0. The average molecular weight is 294 g/mol. The maximum atomic E-state index is 13.2. The van der Waals surface area contributed by atoms with E-state index in [1.54, 1.807) is 0 Å². The number of halogens is 1. The van der Waals surface area contributed by atoms with Crippen molar-refractivity contribution in [3.63, 3.8) is 0 Å². The Kier molecular flexibility index (Phi) is 3.57. The minimum Gasteiger partial charge on any atom is -0.378 e. The van der Waals surface area contributed by atoms with Gasteiger partial charge in [-0.1, -0.05) is 6.42 Å². The Morgan fingerprint density at radius 1 is 1.52 bits per heavy atom. The van der Waals surface area contributed by atoms with Gasteiger partial charge in [-0.3, -0.25) is 10.1 Å². The lowest BCUT2D eigenvalue weighted by molar-refractivity contribution is -0.384. The number of nitro groups is 1. The molecule has 0 radical (unpaired) electrons. The van der Waals surface area contributed by atoms with Crippen molar-refractivity contribution >= 4 is 11.4 Å². The van der Waals surface area contributed by atoms with Crippen LogP contribution in [-0.2, 0) is 4.74 Å². The molecule has 2 saturated carbocycles. The minimum absolute atomic E-state index is 0.109. The second-order valence-corrected chi connectivity index (χ2v) is 5.88. The minimum atomic E-state index is -0.591. The van der Waals surface area contributed by atoms with Crippen LogP contribution in [0.1, 0.15) is 32.6 Å². The van der Waals surface area contributed by atoms with Crippen molar-refractivity contribution in [2.24, 2.45) is 5.41 Å². The van der Waals surface area contributed by atoms with E-state index in [0.717, 1.165) is 25.3 Å². The number of nitrogens with zero attached hydrogens (tertiary/aromatic N) is 1. The molecule has 2 fully saturated rings. The molecule has 0 aliphatic heterocycles. The average Bonchev–Trinajstić information content (AvgIpc) is 2.36. The molecule has 0 saturated heterocycles. The third kappa shape index (κ3) is 2.27. The van der Waals surface area contributed by atoms with Gasteiger partial charge in [0.2, 0.25) is 0 Å². The van der Waals surface area contributed by atoms with Crippen molar-refractivity contribution in [1.29, 1.82) is 0 Å². The highest BCUT2D eigenvalue weighted by molar-refractivity contribution is 5.62. The number of anilines is 1. The highest BCUT2D eigenvalue weighted by Crippen LogP contribution is 2.58. The van der Waals surface area contributed by atoms with Gasteiger partial charge in [0, 0.05) is 18.1 Å². The predicted octanol–water partition coefficient (Wildman–Crippen LogP) is 3.49. The van der Waals surface area contributed by atoms with Crippen molar-refractivity contribution in [3.05, 3.63) is 34.1 Å². The first-order chi connectivity index (χ1) is 10.1. The lowest BCUT2D eigenvalue weighted by atomic mass is 9.51. The summed E-state index contributed by atoms with van der Waals surface area (Å²) in [5, 5.41) is 14.3. The van der Waals surface area contributed by atoms with E-state index < -0.39 is 10.7 Å². The Morgan fingerprint density at radius 2 is 2.29 bits per heavy atom. The fraction of sp³-hybridized carbons (Fsp3) is 0.600. The highest BCUT2D eigenvalue weighted by Gasteiger charge is 2.59. The highest BCUT2D eigenvalue weighted by atomic mass is 19.1. The van der Waals surface area contributed by atoms with Gasteiger partial charge in [0.05, 0.1) is 17.1 Å². The van der Waals surface area contributed by atoms with Gasteiger partial charge in [0.25, 0.3) is 5.69 Å². The number of rotatable bonds is 5. The summed E-state index contributed by atoms with van der Waals surface area (Å²) in [6.45, 7) is 2.67. The van der Waals surface area contributed by atoms with Gasteiger partial charge >= 0.3 is 0 Å². The van der Waals surface area contributed by atoms with E-state index in [1.807, 2.05) is 6.92 Å². The van der Waals surface area contributed by atoms with Gasteiger partial charge < -0.3 is 10.1 Å². The lowest BCUT2D eigenvalue weighted by Gasteiger charge is -2.61. The van der Waals surface area contributed by atoms with Crippen molar-refractivity contribution < 1.29 is 14.1 Å². The van der Waals surface area contributed by atoms with E-state index in [-0.39, 0.29) is 23.2 Å². The Hall–Kier alpha value is -1.69. The van der Waals surface area contributed by atoms with E-state index in [4.69, 9.17) is 4.74 Å². The Balaban J connectivity index is 1.77. The summed E-state index contributed by atoms with van der Waals surface area (Å²) in [6, 6.07) is 3.84. The molecule has 1 aromatic carbocycles. The smallest absolute Gasteiger partial charge is 0.295 e. The molecule has 0 amide bonds. The summed E-state index contributed by atoms with van der Waals surface area (Å²) in [7, 11) is 0. The summed E-state index contributed by atoms with van der Waals surface area (Å²) >= 11 is 0. The zero-order valence-corrected chi connectivity index (χ0v) is 12.0. The van der Waals surface area contributed by atoms with E-state index in [2.05, 4.69) is 5.32 Å². The summed E-state index contributed by atoms with van der Waals surface area (Å²) in [5.74, 6) is -0.591. The molecule has 0 heterocycles. The van der Waals surface area contributed by atoms with Gasteiger partial charge in [-0.05, 0) is 38.3 Å². The SMILES string of the molecule is CCOC1CC(Nc2ccc(F)cc2[N+](=O)[O-])C12CCC2. The molecule has 2 unspecified atom stereocenters. The molecule has 6 heteroatoms. The Bertz CT molecular complexity index is 560. The van der Waals surface area contributed by atoms with Crippen LogP contribution < -0.4 is 5.32 Å². The lowest BCUT2D eigenvalue weighted by Crippen LogP contribution is -2.64. The molecule has 5 nitrogen and oxygen atoms in total. The normalized spacial score (nSPS) is 26.0. The van der Waals surface area contributed by atoms with Crippen molar-refractivity contribution in [2.75, 3.05) is 11.9 Å². The fourth-order valence-electron chi connectivity index (χ4n) is 3.61. The van der Waals surface area contributed by atoms with Crippen LogP contribution in [0.2, 0.25) is 0 Å². The molecule has 1 N–H and O–H groups in total. The van der Waals surface area contributed by atoms with Crippen LogP contribution in [0, 0.1) is 21.3 Å². The quantitative estimate of drug-likeness (QED) is 0.667. The number of nitrogens with one attached hydrogen (secondary N) is 1. The maximum absolute atomic E-state index is 13.2. The van der Waals surface area contributed by atoms with Gasteiger partial charge in [-0.2, -0.15) is 0 Å². The second-order valence-electron chi connectivity index (χ2n) is 5.88. The molecule has 1 spiro atoms. The molecule has 2 aliphatic carbocycles. The first-order valence-corrected chi connectivity index (χ1v) is 7.39. The number of hydrogen-bond donors (Lipinski definition) is 1. The molecular weight excluding hydrogens is 275 g/mol. The fourth-order valence-corrected chi connectivity index (χ4v) is 3.61. The van der Waals surface area contributed by atoms with Crippen LogP contribution in [-0.4, -0.2) is 23.7 Å². The molecule has 0 aromatic heterocycles. The third-order valence-corrected chi connectivity index (χ3v) is 4.92. The zero-order chi connectivity index (χ0) is 15.0. The van der Waals surface area contributed by atoms with Crippen LogP contribution in [0.5, 0.6) is 0 Å². The first-order valence-electron chi connectivity index (χ1n) is 7.39. The molecule has 3 rings (SSSR count). The molecule has 0 bridgehead atoms. The molecule has 2 aliphatic rings. The summed E-state index contributed by atoms with van der Waals surface area (Å²) in [4.78, 5) is 10.5. The van der Waals surface area contributed by atoms with E-state index in [0.29, 0.717) is 12.3 Å². The molecule has 2 atom stereocenters. The monoisotopic (exact) mass is 294 g/mol. The van der Waals surface area contributed by atoms with Gasteiger partial charge in [0.15, 0.2) is 0 Å². The third-order valence-electron chi connectivity index (χ3n) is 4.92. The summed E-state index contributed by atoms with van der Waals surface area (Å²) in [6.07, 6.45) is 4.44. The molecule has 114 valence electrons. The van der Waals surface area contributed by atoms with Gasteiger partial charge in [0.1, 0.15) is 11.5 Å². The number of ether oxygens (including phenoxy) is 1. The van der Waals surface area contributed by atoms with Crippen LogP contribution in [0.4, 0.5) is 15.8 Å². The summed E-state index contributed by atoms with van der Waals surface area (Å²) < 4.78 is 18.9. The predicted molar refractivity (Wildman–Crippen MR) is 76.8 cm³/mol. The van der Waals surface area contributed by atoms with Crippen LogP contribution in [0.15, 0.2) is 18.2 Å². The van der Waals surface area contributed by atoms with Crippen LogP contribution in [0.3, 0.4) is 0 Å².